The summed E-state index contributed by atoms with van der Waals surface area (Å²) in [6.45, 7) is 4.30. The molecule has 0 saturated carbocycles. The smallest absolute Gasteiger partial charge is 0.220 e. The molecule has 0 aromatic carbocycles. The maximum Gasteiger partial charge on any atom is 0.220 e. The van der Waals surface area contributed by atoms with Gasteiger partial charge in [-0.1, -0.05) is 305 Å². The summed E-state index contributed by atoms with van der Waals surface area (Å²) in [7, 11) is 0. The van der Waals surface area contributed by atoms with Crippen LogP contribution in [0.2, 0.25) is 0 Å². The fourth-order valence-electron chi connectivity index (χ4n) is 9.40. The maximum absolute atomic E-state index is 12.5. The summed E-state index contributed by atoms with van der Waals surface area (Å²) in [6, 6.07) is -0.647. The molecular formula is C66H121NO3. The Morgan fingerprint density at radius 2 is 0.600 bits per heavy atom. The van der Waals surface area contributed by atoms with Crippen LogP contribution in [0.15, 0.2) is 72.9 Å². The van der Waals surface area contributed by atoms with Crippen LogP contribution in [-0.4, -0.2) is 34.9 Å². The number of aliphatic hydroxyl groups excluding tert-OH is 2. The number of amides is 1. The number of hydrogen-bond acceptors (Lipinski definition) is 3. The molecule has 0 spiro atoms. The molecule has 0 aromatic rings. The molecule has 0 fully saturated rings. The van der Waals surface area contributed by atoms with E-state index in [-0.39, 0.29) is 12.5 Å². The Balaban J connectivity index is 3.46. The molecule has 2 atom stereocenters. The molecule has 2 unspecified atom stereocenters. The van der Waals surface area contributed by atoms with Crippen molar-refractivity contribution >= 4 is 5.91 Å². The summed E-state index contributed by atoms with van der Waals surface area (Å²) in [5.41, 5.74) is 0. The third-order valence-electron chi connectivity index (χ3n) is 14.1. The summed E-state index contributed by atoms with van der Waals surface area (Å²) in [4.78, 5) is 12.5. The zero-order valence-electron chi connectivity index (χ0n) is 47.0. The highest BCUT2D eigenvalue weighted by molar-refractivity contribution is 5.76. The van der Waals surface area contributed by atoms with E-state index < -0.39 is 12.1 Å². The van der Waals surface area contributed by atoms with Crippen molar-refractivity contribution in [3.63, 3.8) is 0 Å². The van der Waals surface area contributed by atoms with E-state index in [1.165, 1.54) is 250 Å². The average molecular weight is 977 g/mol. The van der Waals surface area contributed by atoms with E-state index in [2.05, 4.69) is 79.9 Å². The Morgan fingerprint density at radius 1 is 0.343 bits per heavy atom. The zero-order valence-corrected chi connectivity index (χ0v) is 47.0. The topological polar surface area (TPSA) is 69.6 Å². The van der Waals surface area contributed by atoms with Gasteiger partial charge in [0.15, 0.2) is 0 Å². The van der Waals surface area contributed by atoms with E-state index >= 15 is 0 Å². The number of aliphatic hydroxyl groups is 2. The number of hydrogen-bond donors (Lipinski definition) is 3. The molecule has 0 aliphatic rings. The Labute approximate surface area is 438 Å². The molecule has 408 valence electrons. The van der Waals surface area contributed by atoms with E-state index in [1.807, 2.05) is 6.08 Å². The quantitative estimate of drug-likeness (QED) is 0.0420. The van der Waals surface area contributed by atoms with Crippen LogP contribution < -0.4 is 5.32 Å². The minimum absolute atomic E-state index is 0.0742. The van der Waals surface area contributed by atoms with Crippen molar-refractivity contribution in [2.45, 2.75) is 334 Å². The lowest BCUT2D eigenvalue weighted by atomic mass is 10.0. The lowest BCUT2D eigenvalue weighted by Gasteiger charge is -2.19. The molecule has 0 aromatic heterocycles. The van der Waals surface area contributed by atoms with Gasteiger partial charge in [0.1, 0.15) is 0 Å². The van der Waals surface area contributed by atoms with Gasteiger partial charge in [-0.25, -0.2) is 0 Å². The van der Waals surface area contributed by atoms with E-state index in [0.29, 0.717) is 6.42 Å². The largest absolute Gasteiger partial charge is 0.394 e. The molecule has 4 nitrogen and oxygen atoms in total. The third-order valence-corrected chi connectivity index (χ3v) is 14.1. The molecule has 4 heteroatoms. The molecule has 0 saturated heterocycles. The summed E-state index contributed by atoms with van der Waals surface area (Å²) in [5, 5.41) is 23.1. The lowest BCUT2D eigenvalue weighted by molar-refractivity contribution is -0.123. The fourth-order valence-corrected chi connectivity index (χ4v) is 9.40. The minimum atomic E-state index is -0.872. The van der Waals surface area contributed by atoms with Crippen LogP contribution in [0.4, 0.5) is 0 Å². The van der Waals surface area contributed by atoms with Gasteiger partial charge in [-0.3, -0.25) is 4.79 Å². The second-order valence-electron chi connectivity index (χ2n) is 21.1. The molecule has 0 aliphatic heterocycles. The Bertz CT molecular complexity index is 1200. The SMILES string of the molecule is CCCCCCC/C=C\C/C=C\C/C=C\CCCCCCCCCCCCCCCCCCCCCCCCCCC(=O)NC(CO)C(O)/C=C/CC/C=C/CC/C=C/CCCCCCCCCCC. The highest BCUT2D eigenvalue weighted by atomic mass is 16.3. The highest BCUT2D eigenvalue weighted by Gasteiger charge is 2.18. The maximum atomic E-state index is 12.5. The Hall–Kier alpha value is -2.17. The standard InChI is InChI=1S/C66H121NO3/c1-3-5-7-9-11-13-15-17-19-21-23-24-25-26-27-28-29-30-31-32-33-34-35-36-37-38-39-40-41-42-44-46-48-50-52-54-56-58-60-62-66(70)67-64(63-68)65(69)61-59-57-55-53-51-49-47-45-43-22-20-18-16-14-12-10-8-6-4-2/h15,17,21,23,25-26,43,45,51,53,59,61,64-65,68-69H,3-14,16,18-20,22,24,27-42,44,46-50,52,54-58,60,62-63H2,1-2H3,(H,67,70)/b17-15-,23-21-,26-25-,45-43+,53-51+,61-59+. The van der Waals surface area contributed by atoms with Crippen LogP contribution in [-0.2, 0) is 4.79 Å². The predicted molar refractivity (Wildman–Crippen MR) is 313 cm³/mol. The molecule has 1 amide bonds. The van der Waals surface area contributed by atoms with Gasteiger partial charge in [-0.2, -0.15) is 0 Å². The normalized spacial score (nSPS) is 13.3. The molecule has 3 N–H and O–H groups in total. The van der Waals surface area contributed by atoms with Crippen LogP contribution in [0.25, 0.3) is 0 Å². The van der Waals surface area contributed by atoms with Gasteiger partial charge in [0.2, 0.25) is 5.91 Å². The van der Waals surface area contributed by atoms with Crippen LogP contribution >= 0.6 is 0 Å². The first-order valence-electron chi connectivity index (χ1n) is 31.2. The third kappa shape index (κ3) is 56.7. The van der Waals surface area contributed by atoms with Gasteiger partial charge >= 0.3 is 0 Å². The molecule has 0 heterocycles. The summed E-state index contributed by atoms with van der Waals surface area (Å²) < 4.78 is 0. The number of nitrogens with one attached hydrogen (secondary N) is 1. The average Bonchev–Trinajstić information content (AvgIpc) is 3.36. The van der Waals surface area contributed by atoms with Crippen LogP contribution in [0.5, 0.6) is 0 Å². The summed E-state index contributed by atoms with van der Waals surface area (Å²) >= 11 is 0. The minimum Gasteiger partial charge on any atom is -0.394 e. The molecule has 0 radical (unpaired) electrons. The Kier molecular flexibility index (Phi) is 59.2. The second kappa shape index (κ2) is 61.1. The number of unbranched alkanes of at least 4 members (excludes halogenated alkanes) is 40. The first-order chi connectivity index (χ1) is 34.7. The fraction of sp³-hybridized carbons (Fsp3) is 0.803. The van der Waals surface area contributed by atoms with Crippen molar-refractivity contribution < 1.29 is 15.0 Å². The molecular weight excluding hydrogens is 855 g/mol. The monoisotopic (exact) mass is 976 g/mol. The van der Waals surface area contributed by atoms with Crippen molar-refractivity contribution in [2.75, 3.05) is 6.61 Å². The van der Waals surface area contributed by atoms with Crippen molar-refractivity contribution in [1.29, 1.82) is 0 Å². The van der Waals surface area contributed by atoms with Gasteiger partial charge in [0.25, 0.3) is 0 Å². The molecule has 70 heavy (non-hydrogen) atoms. The summed E-state index contributed by atoms with van der Waals surface area (Å²) in [5.74, 6) is -0.0742. The number of rotatable bonds is 57. The van der Waals surface area contributed by atoms with Gasteiger partial charge in [-0.05, 0) is 83.5 Å². The van der Waals surface area contributed by atoms with Crippen molar-refractivity contribution in [2.24, 2.45) is 0 Å². The van der Waals surface area contributed by atoms with Crippen molar-refractivity contribution in [3.8, 4) is 0 Å². The van der Waals surface area contributed by atoms with Gasteiger partial charge in [0.05, 0.1) is 18.8 Å². The predicted octanol–water partition coefficient (Wildman–Crippen LogP) is 20.9. The van der Waals surface area contributed by atoms with Gasteiger partial charge in [0, 0.05) is 6.42 Å². The number of carbonyl (C=O) groups is 1. The number of carbonyl (C=O) groups excluding carboxylic acids is 1. The Morgan fingerprint density at radius 3 is 0.929 bits per heavy atom. The van der Waals surface area contributed by atoms with Crippen molar-refractivity contribution in [3.05, 3.63) is 72.9 Å². The van der Waals surface area contributed by atoms with E-state index in [4.69, 9.17) is 0 Å². The molecule has 0 bridgehead atoms. The van der Waals surface area contributed by atoms with Crippen LogP contribution in [0.1, 0.15) is 322 Å². The first kappa shape index (κ1) is 67.8. The first-order valence-corrected chi connectivity index (χ1v) is 31.2. The lowest BCUT2D eigenvalue weighted by Crippen LogP contribution is -2.45. The number of allylic oxidation sites excluding steroid dienone is 11. The van der Waals surface area contributed by atoms with E-state index in [9.17, 15) is 15.0 Å². The van der Waals surface area contributed by atoms with Gasteiger partial charge in [-0.15, -0.1) is 0 Å². The van der Waals surface area contributed by atoms with E-state index in [0.717, 1.165) is 51.4 Å². The molecule has 0 rings (SSSR count). The molecule has 0 aliphatic carbocycles. The van der Waals surface area contributed by atoms with Crippen molar-refractivity contribution in [1.82, 2.24) is 5.32 Å². The van der Waals surface area contributed by atoms with Crippen LogP contribution in [0.3, 0.4) is 0 Å². The second-order valence-corrected chi connectivity index (χ2v) is 21.1. The highest BCUT2D eigenvalue weighted by Crippen LogP contribution is 2.17. The van der Waals surface area contributed by atoms with Gasteiger partial charge < -0.3 is 15.5 Å². The van der Waals surface area contributed by atoms with Crippen LogP contribution in [0, 0.1) is 0 Å². The zero-order chi connectivity index (χ0) is 50.6. The summed E-state index contributed by atoms with van der Waals surface area (Å²) in [6.07, 6.45) is 88.1. The van der Waals surface area contributed by atoms with E-state index in [1.54, 1.807) is 6.08 Å².